The molecule has 2 aromatic rings. The normalized spacial score (nSPS) is 10.0. The highest BCUT2D eigenvalue weighted by molar-refractivity contribution is 5.94. The number of benzene rings is 2. The third kappa shape index (κ3) is 7.81. The molecule has 2 amide bonds. The number of amides is 2. The monoisotopic (exact) mass is 428 g/mol. The number of carbonyl (C=O) groups is 4. The molecule has 0 fully saturated rings. The number of hydrogen-bond donors (Lipinski definition) is 2. The fourth-order valence-corrected chi connectivity index (χ4v) is 2.58. The predicted molar refractivity (Wildman–Crippen MR) is 113 cm³/mol. The maximum Gasteiger partial charge on any atom is 0.337 e. The molecular formula is C22H24N2O7. The zero-order chi connectivity index (χ0) is 22.6. The molecule has 9 heteroatoms. The van der Waals surface area contributed by atoms with Crippen LogP contribution in [0.15, 0.2) is 48.5 Å². The zero-order valence-electron chi connectivity index (χ0n) is 17.3. The summed E-state index contributed by atoms with van der Waals surface area (Å²) in [5.41, 5.74) is 1.34. The lowest BCUT2D eigenvalue weighted by Gasteiger charge is -2.10. The average Bonchev–Trinajstić information content (AvgIpc) is 2.78. The second-order valence-corrected chi connectivity index (χ2v) is 6.38. The van der Waals surface area contributed by atoms with E-state index in [0.29, 0.717) is 22.7 Å². The molecule has 31 heavy (non-hydrogen) atoms. The number of nitrogens with one attached hydrogen (secondary N) is 2. The molecule has 0 aliphatic carbocycles. The van der Waals surface area contributed by atoms with Crippen molar-refractivity contribution in [1.29, 1.82) is 0 Å². The van der Waals surface area contributed by atoms with E-state index in [9.17, 15) is 19.2 Å². The van der Waals surface area contributed by atoms with Gasteiger partial charge in [0.15, 0.2) is 6.61 Å². The summed E-state index contributed by atoms with van der Waals surface area (Å²) in [5, 5.41) is 5.27. The van der Waals surface area contributed by atoms with Crippen molar-refractivity contribution in [3.05, 3.63) is 54.1 Å². The molecule has 0 spiro atoms. The van der Waals surface area contributed by atoms with Crippen LogP contribution in [0.3, 0.4) is 0 Å². The third-order valence-corrected chi connectivity index (χ3v) is 4.12. The maximum absolute atomic E-state index is 12.0. The predicted octanol–water partition coefficient (Wildman–Crippen LogP) is 2.77. The topological polar surface area (TPSA) is 120 Å². The number of ether oxygens (including phenoxy) is 3. The zero-order valence-corrected chi connectivity index (χ0v) is 17.3. The Kier molecular flexibility index (Phi) is 9.03. The van der Waals surface area contributed by atoms with Gasteiger partial charge in [0, 0.05) is 18.5 Å². The Labute approximate surface area is 179 Å². The van der Waals surface area contributed by atoms with Gasteiger partial charge < -0.3 is 24.8 Å². The van der Waals surface area contributed by atoms with Crippen molar-refractivity contribution in [2.75, 3.05) is 31.5 Å². The summed E-state index contributed by atoms with van der Waals surface area (Å²) in [6.07, 6.45) is 0.392. The Balaban J connectivity index is 1.66. The van der Waals surface area contributed by atoms with E-state index in [1.54, 1.807) is 24.3 Å². The lowest BCUT2D eigenvalue weighted by Crippen LogP contribution is -2.21. The van der Waals surface area contributed by atoms with Crippen LogP contribution in [-0.4, -0.2) is 44.6 Å². The van der Waals surface area contributed by atoms with Crippen LogP contribution in [-0.2, 0) is 23.9 Å². The van der Waals surface area contributed by atoms with Crippen LogP contribution in [0.1, 0.15) is 29.6 Å². The molecule has 0 aromatic heterocycles. The minimum absolute atomic E-state index is 0.000447. The SMILES string of the molecule is COC(=O)c1ccc(NC(=O)COC(=O)CCCC(=O)Nc2ccccc2OC)cc1. The summed E-state index contributed by atoms with van der Waals surface area (Å²) in [6, 6.07) is 13.1. The highest BCUT2D eigenvalue weighted by Crippen LogP contribution is 2.23. The number of rotatable bonds is 10. The van der Waals surface area contributed by atoms with Gasteiger partial charge in [-0.3, -0.25) is 14.4 Å². The van der Waals surface area contributed by atoms with E-state index < -0.39 is 24.5 Å². The fraction of sp³-hybridized carbons (Fsp3) is 0.273. The van der Waals surface area contributed by atoms with Crippen molar-refractivity contribution in [3.8, 4) is 5.75 Å². The quantitative estimate of drug-likeness (QED) is 0.558. The summed E-state index contributed by atoms with van der Waals surface area (Å²) in [5.74, 6) is -1.30. The molecule has 164 valence electrons. The van der Waals surface area contributed by atoms with Gasteiger partial charge in [-0.2, -0.15) is 0 Å². The van der Waals surface area contributed by atoms with E-state index in [2.05, 4.69) is 15.4 Å². The minimum Gasteiger partial charge on any atom is -0.495 e. The van der Waals surface area contributed by atoms with E-state index >= 15 is 0 Å². The Bertz CT molecular complexity index is 926. The van der Waals surface area contributed by atoms with Crippen LogP contribution in [0, 0.1) is 0 Å². The molecule has 0 bridgehead atoms. The highest BCUT2D eigenvalue weighted by Gasteiger charge is 2.11. The smallest absolute Gasteiger partial charge is 0.337 e. The van der Waals surface area contributed by atoms with Gasteiger partial charge in [0.25, 0.3) is 5.91 Å². The Morgan fingerprint density at radius 3 is 2.23 bits per heavy atom. The van der Waals surface area contributed by atoms with Crippen LogP contribution < -0.4 is 15.4 Å². The largest absolute Gasteiger partial charge is 0.495 e. The van der Waals surface area contributed by atoms with E-state index in [1.807, 2.05) is 0 Å². The lowest BCUT2D eigenvalue weighted by atomic mass is 10.2. The number of hydrogen-bond acceptors (Lipinski definition) is 7. The van der Waals surface area contributed by atoms with E-state index in [-0.39, 0.29) is 25.2 Å². The number of para-hydroxylation sites is 2. The number of methoxy groups -OCH3 is 2. The number of carbonyl (C=O) groups excluding carboxylic acids is 4. The molecular weight excluding hydrogens is 404 g/mol. The van der Waals surface area contributed by atoms with Gasteiger partial charge in [-0.1, -0.05) is 12.1 Å². The average molecular weight is 428 g/mol. The van der Waals surface area contributed by atoms with Gasteiger partial charge in [-0.05, 0) is 42.8 Å². The van der Waals surface area contributed by atoms with Crippen molar-refractivity contribution < 1.29 is 33.4 Å². The van der Waals surface area contributed by atoms with Crippen LogP contribution in [0.4, 0.5) is 11.4 Å². The molecule has 0 radical (unpaired) electrons. The van der Waals surface area contributed by atoms with Gasteiger partial charge in [-0.25, -0.2) is 4.79 Å². The first kappa shape index (κ1) is 23.4. The van der Waals surface area contributed by atoms with Crippen LogP contribution in [0.5, 0.6) is 5.75 Å². The molecule has 2 N–H and O–H groups in total. The van der Waals surface area contributed by atoms with Crippen molar-refractivity contribution in [2.45, 2.75) is 19.3 Å². The fourth-order valence-electron chi connectivity index (χ4n) is 2.58. The van der Waals surface area contributed by atoms with Gasteiger partial charge in [-0.15, -0.1) is 0 Å². The minimum atomic E-state index is -0.582. The molecule has 0 saturated carbocycles. The molecule has 2 rings (SSSR count). The Morgan fingerprint density at radius 1 is 0.839 bits per heavy atom. The molecule has 2 aromatic carbocycles. The van der Waals surface area contributed by atoms with E-state index in [1.165, 1.54) is 38.5 Å². The molecule has 0 atom stereocenters. The Hall–Kier alpha value is -3.88. The number of anilines is 2. The van der Waals surface area contributed by atoms with Gasteiger partial charge in [0.2, 0.25) is 5.91 Å². The lowest BCUT2D eigenvalue weighted by molar-refractivity contribution is -0.147. The summed E-state index contributed by atoms with van der Waals surface area (Å²) in [4.78, 5) is 47.0. The van der Waals surface area contributed by atoms with Crippen molar-refractivity contribution in [2.24, 2.45) is 0 Å². The molecule has 0 heterocycles. The molecule has 0 aliphatic rings. The Morgan fingerprint density at radius 2 is 1.55 bits per heavy atom. The van der Waals surface area contributed by atoms with Crippen LogP contribution in [0.2, 0.25) is 0 Å². The van der Waals surface area contributed by atoms with Gasteiger partial charge in [0.1, 0.15) is 5.75 Å². The standard InChI is InChI=1S/C22H24N2O7/c1-29-18-7-4-3-6-17(18)24-19(25)8-5-9-21(27)31-14-20(26)23-16-12-10-15(11-13-16)22(28)30-2/h3-4,6-7,10-13H,5,8-9,14H2,1-2H3,(H,23,26)(H,24,25). The number of esters is 2. The van der Waals surface area contributed by atoms with Crippen molar-refractivity contribution in [1.82, 2.24) is 0 Å². The van der Waals surface area contributed by atoms with Crippen molar-refractivity contribution in [3.63, 3.8) is 0 Å². The summed E-state index contributed by atoms with van der Waals surface area (Å²) in [6.45, 7) is -0.453. The van der Waals surface area contributed by atoms with E-state index in [0.717, 1.165) is 0 Å². The second kappa shape index (κ2) is 12.0. The maximum atomic E-state index is 12.0. The third-order valence-electron chi connectivity index (χ3n) is 4.12. The first-order valence-electron chi connectivity index (χ1n) is 9.49. The molecule has 9 nitrogen and oxygen atoms in total. The van der Waals surface area contributed by atoms with Gasteiger partial charge >= 0.3 is 11.9 Å². The van der Waals surface area contributed by atoms with Crippen LogP contribution >= 0.6 is 0 Å². The molecule has 0 unspecified atom stereocenters. The highest BCUT2D eigenvalue weighted by atomic mass is 16.5. The van der Waals surface area contributed by atoms with Crippen molar-refractivity contribution >= 4 is 35.1 Å². The second-order valence-electron chi connectivity index (χ2n) is 6.38. The molecule has 0 saturated heterocycles. The molecule has 0 aliphatic heterocycles. The summed E-state index contributed by atoms with van der Waals surface area (Å²) < 4.78 is 14.7. The van der Waals surface area contributed by atoms with Gasteiger partial charge in [0.05, 0.1) is 25.5 Å². The summed E-state index contributed by atoms with van der Waals surface area (Å²) >= 11 is 0. The first-order chi connectivity index (χ1) is 14.9. The van der Waals surface area contributed by atoms with E-state index in [4.69, 9.17) is 9.47 Å². The summed E-state index contributed by atoms with van der Waals surface area (Å²) in [7, 11) is 2.79. The first-order valence-corrected chi connectivity index (χ1v) is 9.49. The van der Waals surface area contributed by atoms with Crippen LogP contribution in [0.25, 0.3) is 0 Å².